The van der Waals surface area contributed by atoms with Crippen molar-refractivity contribution < 1.29 is 73.7 Å². The molecule has 0 aromatic heterocycles. The van der Waals surface area contributed by atoms with E-state index in [-0.39, 0.29) is 29.6 Å². The van der Waals surface area contributed by atoms with E-state index in [4.69, 9.17) is 33.2 Å². The molecule has 254 valence electrons. The van der Waals surface area contributed by atoms with Gasteiger partial charge in [0.05, 0.1) is 33.5 Å². The number of aliphatic hydroxyl groups is 5. The molecule has 15 heteroatoms. The fraction of sp³-hybridized carbons (Fsp3) is 0.516. The number of ether oxygens (including phenoxy) is 7. The van der Waals surface area contributed by atoms with E-state index < -0.39 is 74.0 Å². The summed E-state index contributed by atoms with van der Waals surface area (Å²) in [4.78, 5) is 12.9. The second-order valence-electron chi connectivity index (χ2n) is 10.8. The van der Waals surface area contributed by atoms with Gasteiger partial charge >= 0.3 is 5.97 Å². The van der Waals surface area contributed by atoms with E-state index in [9.17, 15) is 40.5 Å². The van der Waals surface area contributed by atoms with E-state index in [1.807, 2.05) is 0 Å². The van der Waals surface area contributed by atoms with E-state index in [0.29, 0.717) is 12.0 Å². The van der Waals surface area contributed by atoms with Gasteiger partial charge < -0.3 is 68.9 Å². The first kappa shape index (κ1) is 35.3. The van der Waals surface area contributed by atoms with Gasteiger partial charge in [0.2, 0.25) is 0 Å². The highest BCUT2D eigenvalue weighted by molar-refractivity contribution is 5.87. The number of phenolic OH excluding ortho intramolecular Hbond substituents is 2. The average Bonchev–Trinajstić information content (AvgIpc) is 3.05. The van der Waals surface area contributed by atoms with Gasteiger partial charge in [-0.2, -0.15) is 0 Å². The van der Waals surface area contributed by atoms with Crippen LogP contribution in [-0.2, 0) is 34.9 Å². The first-order valence-electron chi connectivity index (χ1n) is 14.5. The molecule has 2 heterocycles. The summed E-state index contributed by atoms with van der Waals surface area (Å²) >= 11 is 0. The molecule has 2 aliphatic heterocycles. The van der Waals surface area contributed by atoms with Crippen molar-refractivity contribution in [1.82, 2.24) is 0 Å². The Bertz CT molecular complexity index is 1340. The second-order valence-corrected chi connectivity index (χ2v) is 10.8. The molecule has 46 heavy (non-hydrogen) atoms. The molecule has 0 radical (unpaired) electrons. The molecule has 15 nitrogen and oxygen atoms in total. The Balaban J connectivity index is 1.52. The molecule has 7 N–H and O–H groups in total. The summed E-state index contributed by atoms with van der Waals surface area (Å²) in [5, 5.41) is 72.1. The summed E-state index contributed by atoms with van der Waals surface area (Å²) in [6.07, 6.45) is -12.0. The van der Waals surface area contributed by atoms with Crippen LogP contribution in [0.4, 0.5) is 0 Å². The monoisotopic (exact) mass is 652 g/mol. The van der Waals surface area contributed by atoms with Gasteiger partial charge in [0.1, 0.15) is 36.6 Å². The number of carbonyl (C=O) groups excluding carboxylic acids is 1. The predicted molar refractivity (Wildman–Crippen MR) is 157 cm³/mol. The van der Waals surface area contributed by atoms with Gasteiger partial charge in [-0.15, -0.1) is 0 Å². The highest BCUT2D eigenvalue weighted by Gasteiger charge is 2.52. The van der Waals surface area contributed by atoms with Crippen LogP contribution in [0.2, 0.25) is 0 Å². The lowest BCUT2D eigenvalue weighted by Crippen LogP contribution is -2.65. The van der Waals surface area contributed by atoms with Crippen molar-refractivity contribution in [1.29, 1.82) is 0 Å². The van der Waals surface area contributed by atoms with Crippen molar-refractivity contribution in [3.8, 4) is 23.0 Å². The van der Waals surface area contributed by atoms with Crippen LogP contribution < -0.4 is 9.47 Å². The number of carbonyl (C=O) groups is 1. The van der Waals surface area contributed by atoms with Gasteiger partial charge in [-0.3, -0.25) is 0 Å². The largest absolute Gasteiger partial charge is 0.504 e. The summed E-state index contributed by atoms with van der Waals surface area (Å²) in [5.41, 5.74) is 1.22. The van der Waals surface area contributed by atoms with E-state index in [2.05, 4.69) is 0 Å². The summed E-state index contributed by atoms with van der Waals surface area (Å²) in [6.45, 7) is 0.733. The van der Waals surface area contributed by atoms with E-state index in [1.54, 1.807) is 12.1 Å². The molecule has 2 fully saturated rings. The first-order chi connectivity index (χ1) is 22.0. The number of rotatable bonds is 12. The smallest absolute Gasteiger partial charge is 0.331 e. The zero-order valence-electron chi connectivity index (χ0n) is 25.4. The third kappa shape index (κ3) is 8.25. The highest BCUT2D eigenvalue weighted by atomic mass is 16.7. The number of phenols is 2. The fourth-order valence-electron chi connectivity index (χ4n) is 5.06. The lowest BCUT2D eigenvalue weighted by Gasteiger charge is -2.46. The standard InChI is InChI=1S/C31H40O15/c1-15-24(36)25(37)26(38)31(43-15)46-29-27(39)30(42-11-10-17-5-8-19(34)21(13-17)41-3)44-22(14-32)28(29)45-23(35)9-6-16-4-7-18(33)20(12-16)40-2/h4-9,12-13,15,22,24-34,36-39H,10-11,14H2,1-3H3/t15-,22+,24-,25-,26-,27-,28-,29-,30+,31-/m0/s1. The fourth-order valence-corrected chi connectivity index (χ4v) is 5.06. The number of esters is 1. The maximum absolute atomic E-state index is 12.9. The minimum absolute atomic E-state index is 0.00565. The Hall–Kier alpha value is -3.51. The predicted octanol–water partition coefficient (Wildman–Crippen LogP) is -0.410. The van der Waals surface area contributed by atoms with Crippen LogP contribution in [0.25, 0.3) is 6.08 Å². The second kappa shape index (κ2) is 15.9. The SMILES string of the molecule is COc1cc(C=CC(=O)O[C@@H]2[C@@H](O[C@@H]3O[C@@H](C)[C@H](O)[C@H](O)[C@@H]3O)[C@H](O)[C@H](OCCc3ccc(O)c(OC)c3)O[C@@H]2CO)ccc1O. The quantitative estimate of drug-likeness (QED) is 0.114. The van der Waals surface area contributed by atoms with E-state index in [1.165, 1.54) is 51.5 Å². The first-order valence-corrected chi connectivity index (χ1v) is 14.5. The number of hydrogen-bond donors (Lipinski definition) is 7. The summed E-state index contributed by atoms with van der Waals surface area (Å²) in [7, 11) is 2.78. The molecule has 0 unspecified atom stereocenters. The Kier molecular flexibility index (Phi) is 12.2. The Labute approximate surface area is 264 Å². The minimum Gasteiger partial charge on any atom is -0.504 e. The number of aromatic hydroxyl groups is 2. The molecule has 0 bridgehead atoms. The Morgan fingerprint density at radius 3 is 2.20 bits per heavy atom. The average molecular weight is 653 g/mol. The van der Waals surface area contributed by atoms with Crippen molar-refractivity contribution in [3.63, 3.8) is 0 Å². The van der Waals surface area contributed by atoms with Crippen LogP contribution in [0.5, 0.6) is 23.0 Å². The third-order valence-corrected chi connectivity index (χ3v) is 7.68. The molecular weight excluding hydrogens is 612 g/mol. The van der Waals surface area contributed by atoms with Gasteiger partial charge in [0.25, 0.3) is 0 Å². The third-order valence-electron chi connectivity index (χ3n) is 7.68. The van der Waals surface area contributed by atoms with Crippen LogP contribution in [0, 0.1) is 0 Å². The maximum Gasteiger partial charge on any atom is 0.331 e. The van der Waals surface area contributed by atoms with Gasteiger partial charge in [-0.1, -0.05) is 12.1 Å². The highest BCUT2D eigenvalue weighted by Crippen LogP contribution is 2.32. The lowest BCUT2D eigenvalue weighted by molar-refractivity contribution is -0.357. The lowest BCUT2D eigenvalue weighted by atomic mass is 9.97. The maximum atomic E-state index is 12.9. The van der Waals surface area contributed by atoms with Gasteiger partial charge in [0, 0.05) is 6.08 Å². The van der Waals surface area contributed by atoms with Crippen molar-refractivity contribution in [3.05, 3.63) is 53.6 Å². The van der Waals surface area contributed by atoms with Crippen molar-refractivity contribution in [2.24, 2.45) is 0 Å². The molecule has 0 aliphatic carbocycles. The molecule has 2 aromatic carbocycles. The summed E-state index contributed by atoms with van der Waals surface area (Å²) in [6, 6.07) is 9.10. The van der Waals surface area contributed by atoms with Crippen molar-refractivity contribution in [2.45, 2.75) is 74.8 Å². The molecule has 0 saturated carbocycles. The minimum atomic E-state index is -1.75. The Morgan fingerprint density at radius 2 is 1.52 bits per heavy atom. The topological polar surface area (TPSA) is 223 Å². The van der Waals surface area contributed by atoms with Crippen LogP contribution in [-0.4, -0.2) is 131 Å². The Morgan fingerprint density at radius 1 is 0.848 bits per heavy atom. The number of aliphatic hydroxyl groups excluding tert-OH is 5. The van der Waals surface area contributed by atoms with E-state index in [0.717, 1.165) is 11.6 Å². The van der Waals surface area contributed by atoms with Crippen LogP contribution >= 0.6 is 0 Å². The number of hydrogen-bond acceptors (Lipinski definition) is 15. The molecule has 2 aromatic rings. The number of benzene rings is 2. The van der Waals surface area contributed by atoms with Crippen LogP contribution in [0.15, 0.2) is 42.5 Å². The molecule has 4 rings (SSSR count). The van der Waals surface area contributed by atoms with E-state index >= 15 is 0 Å². The van der Waals surface area contributed by atoms with Gasteiger partial charge in [0.15, 0.2) is 41.7 Å². The normalized spacial score (nSPS) is 31.5. The van der Waals surface area contributed by atoms with Gasteiger partial charge in [-0.05, 0) is 54.8 Å². The molecular formula is C31H40O15. The van der Waals surface area contributed by atoms with Crippen LogP contribution in [0.1, 0.15) is 18.1 Å². The molecule has 0 spiro atoms. The molecule has 10 atom stereocenters. The number of methoxy groups -OCH3 is 2. The van der Waals surface area contributed by atoms with Gasteiger partial charge in [-0.25, -0.2) is 4.79 Å². The van der Waals surface area contributed by atoms with Crippen LogP contribution in [0.3, 0.4) is 0 Å². The van der Waals surface area contributed by atoms with Crippen molar-refractivity contribution >= 4 is 12.0 Å². The van der Waals surface area contributed by atoms with Crippen molar-refractivity contribution in [2.75, 3.05) is 27.4 Å². The zero-order chi connectivity index (χ0) is 33.5. The molecule has 0 amide bonds. The zero-order valence-corrected chi connectivity index (χ0v) is 25.4. The summed E-state index contributed by atoms with van der Waals surface area (Å²) < 4.78 is 38.7. The molecule has 2 aliphatic rings. The summed E-state index contributed by atoms with van der Waals surface area (Å²) in [5.74, 6) is -0.622. The molecule has 2 saturated heterocycles.